The fraction of sp³-hybridized carbons (Fsp3) is 0.731. The van der Waals surface area contributed by atoms with Crippen LogP contribution in [0.25, 0.3) is 0 Å². The van der Waals surface area contributed by atoms with Crippen LogP contribution in [0.1, 0.15) is 13.3 Å². The Kier molecular flexibility index (Phi) is 12.5. The summed E-state index contributed by atoms with van der Waals surface area (Å²) in [6.07, 6.45) is -10.2. The Bertz CT molecular complexity index is 1270. The van der Waals surface area contributed by atoms with Gasteiger partial charge in [0, 0.05) is 18.9 Å². The molecule has 2 fully saturated rings. The normalized spacial score (nSPS) is 32.1. The van der Waals surface area contributed by atoms with Gasteiger partial charge < -0.3 is 48.5 Å². The van der Waals surface area contributed by atoms with Crippen molar-refractivity contribution in [3.8, 4) is 0 Å². The molecule has 0 radical (unpaired) electrons. The van der Waals surface area contributed by atoms with E-state index >= 15 is 0 Å². The molecule has 6 unspecified atom stereocenters. The van der Waals surface area contributed by atoms with E-state index in [4.69, 9.17) is 33.2 Å². The maximum absolute atomic E-state index is 13.7. The molecule has 2 saturated heterocycles. The summed E-state index contributed by atoms with van der Waals surface area (Å²) in [6, 6.07) is 0. The van der Waals surface area contributed by atoms with Crippen LogP contribution < -0.4 is 11.2 Å². The number of aromatic amines is 1. The highest BCUT2D eigenvalue weighted by Crippen LogP contribution is 2.32. The van der Waals surface area contributed by atoms with Gasteiger partial charge in [-0.25, -0.2) is 14.4 Å². The summed E-state index contributed by atoms with van der Waals surface area (Å²) in [4.78, 5) is 62.5. The minimum absolute atomic E-state index is 0.267. The number of ether oxygens (including phenoxy) is 7. The van der Waals surface area contributed by atoms with Gasteiger partial charge in [-0.05, 0) is 6.42 Å². The van der Waals surface area contributed by atoms with Crippen molar-refractivity contribution in [1.82, 2.24) is 9.55 Å². The molecule has 10 atom stereocenters. The number of nitrogens with one attached hydrogen (secondary N) is 1. The van der Waals surface area contributed by atoms with E-state index in [2.05, 4.69) is 0 Å². The lowest BCUT2D eigenvalue weighted by Gasteiger charge is -2.43. The van der Waals surface area contributed by atoms with Crippen LogP contribution in [0, 0.1) is 17.7 Å². The van der Waals surface area contributed by atoms with Gasteiger partial charge in [-0.1, -0.05) is 6.92 Å². The molecule has 17 nitrogen and oxygen atoms in total. The first kappa shape index (κ1) is 35.2. The van der Waals surface area contributed by atoms with Crippen LogP contribution in [0.15, 0.2) is 15.8 Å². The Morgan fingerprint density at radius 1 is 0.909 bits per heavy atom. The first-order valence-electron chi connectivity index (χ1n) is 13.6. The zero-order valence-corrected chi connectivity index (χ0v) is 24.5. The number of hydrogen-bond acceptors (Lipinski definition) is 15. The molecule has 4 N–H and O–H groups in total. The van der Waals surface area contributed by atoms with Gasteiger partial charge in [0.05, 0.1) is 46.3 Å². The quantitative estimate of drug-likeness (QED) is 0.131. The molecule has 3 heterocycles. The van der Waals surface area contributed by atoms with E-state index in [-0.39, 0.29) is 6.61 Å². The monoisotopic (exact) mass is 636 g/mol. The lowest BCUT2D eigenvalue weighted by molar-refractivity contribution is -0.243. The van der Waals surface area contributed by atoms with Crippen molar-refractivity contribution in [3.63, 3.8) is 0 Å². The summed E-state index contributed by atoms with van der Waals surface area (Å²) in [7, 11) is 3.52. The van der Waals surface area contributed by atoms with Crippen molar-refractivity contribution < 1.29 is 67.3 Å². The summed E-state index contributed by atoms with van der Waals surface area (Å²) in [5.41, 5.74) is -2.37. The highest BCUT2D eigenvalue weighted by atomic mass is 19.1. The van der Waals surface area contributed by atoms with E-state index in [0.29, 0.717) is 17.2 Å². The molecule has 0 aromatic carbocycles. The largest absolute Gasteiger partial charge is 0.467 e. The van der Waals surface area contributed by atoms with Gasteiger partial charge in [0.25, 0.3) is 5.56 Å². The SMILES string of the molecule is CCC1C(C(=O)OC)O[C@@H](COCC2C(C(=O)OC)O[C@H](COC)C(OC(=O)Cn3cc(F)c(=O)[nH]c3=O)[C@@H]2O)C(O)[C@@H]1O. The molecule has 0 aliphatic carbocycles. The number of rotatable bonds is 12. The molecule has 3 rings (SSSR count). The number of aliphatic hydroxyl groups is 3. The Hall–Kier alpha value is -3.26. The number of carbonyl (C=O) groups excluding carboxylic acids is 3. The highest BCUT2D eigenvalue weighted by Gasteiger charge is 2.51. The van der Waals surface area contributed by atoms with Crippen molar-refractivity contribution in [2.75, 3.05) is 41.2 Å². The summed E-state index contributed by atoms with van der Waals surface area (Å²) in [5, 5.41) is 32.4. The van der Waals surface area contributed by atoms with E-state index in [1.54, 1.807) is 11.9 Å². The first-order valence-corrected chi connectivity index (χ1v) is 13.6. The van der Waals surface area contributed by atoms with Crippen molar-refractivity contribution in [1.29, 1.82) is 0 Å². The summed E-state index contributed by atoms with van der Waals surface area (Å²) < 4.78 is 51.3. The third-order valence-electron chi connectivity index (χ3n) is 7.53. The molecule has 248 valence electrons. The second-order valence-electron chi connectivity index (χ2n) is 10.3. The van der Waals surface area contributed by atoms with Crippen LogP contribution in [0.2, 0.25) is 0 Å². The predicted molar refractivity (Wildman–Crippen MR) is 141 cm³/mol. The molecule has 0 saturated carbocycles. The summed E-state index contributed by atoms with van der Waals surface area (Å²) in [6.45, 7) is -0.285. The minimum atomic E-state index is -1.66. The van der Waals surface area contributed by atoms with E-state index in [0.717, 1.165) is 14.2 Å². The van der Waals surface area contributed by atoms with Gasteiger partial charge in [0.15, 0.2) is 18.3 Å². The molecule has 1 aromatic rings. The molecule has 0 spiro atoms. The van der Waals surface area contributed by atoms with Gasteiger partial charge >= 0.3 is 23.6 Å². The molecular weight excluding hydrogens is 599 g/mol. The first-order chi connectivity index (χ1) is 20.9. The minimum Gasteiger partial charge on any atom is -0.467 e. The summed E-state index contributed by atoms with van der Waals surface area (Å²) in [5.74, 6) is -6.10. The van der Waals surface area contributed by atoms with Crippen LogP contribution in [0.3, 0.4) is 0 Å². The van der Waals surface area contributed by atoms with Crippen molar-refractivity contribution in [2.45, 2.75) is 68.7 Å². The van der Waals surface area contributed by atoms with Gasteiger partial charge in [0.1, 0.15) is 31.0 Å². The van der Waals surface area contributed by atoms with E-state index in [1.807, 2.05) is 0 Å². The second kappa shape index (κ2) is 15.6. The zero-order valence-electron chi connectivity index (χ0n) is 24.5. The maximum atomic E-state index is 13.7. The number of aliphatic hydroxyl groups excluding tert-OH is 3. The zero-order chi connectivity index (χ0) is 32.7. The molecule has 2 aliphatic rings. The molecular formula is C26H37FN2O15. The Morgan fingerprint density at radius 2 is 1.52 bits per heavy atom. The number of esters is 3. The summed E-state index contributed by atoms with van der Waals surface area (Å²) >= 11 is 0. The smallest absolute Gasteiger partial charge is 0.335 e. The van der Waals surface area contributed by atoms with E-state index < -0.39 is 115 Å². The third kappa shape index (κ3) is 7.87. The molecule has 1 aromatic heterocycles. The predicted octanol–water partition coefficient (Wildman–Crippen LogP) is -3.14. The number of H-pyrrole nitrogens is 1. The number of halogens is 1. The van der Waals surface area contributed by atoms with E-state index in [1.165, 1.54) is 7.11 Å². The Labute approximate surface area is 249 Å². The molecule has 18 heteroatoms. The fourth-order valence-corrected chi connectivity index (χ4v) is 5.20. The molecule has 44 heavy (non-hydrogen) atoms. The Balaban J connectivity index is 1.77. The lowest BCUT2D eigenvalue weighted by Crippen LogP contribution is -2.61. The number of carbonyl (C=O) groups is 3. The molecule has 0 bridgehead atoms. The van der Waals surface area contributed by atoms with Crippen molar-refractivity contribution in [2.24, 2.45) is 11.8 Å². The standard InChI is InChI=1S/C26H37FN2O15/c1-5-11-17(31)19(33)14(42-20(11)24(35)39-3)10-41-8-12-18(32)22(15(9-38-2)43-21(12)25(36)40-4)44-16(30)7-29-6-13(27)23(34)28-26(29)37/h6,11-12,14-15,17-22,31-33H,5,7-10H2,1-4H3,(H,28,34,37)/t11?,12?,14-,15+,17+,18+,19?,20?,21?,22?/m0/s1. The van der Waals surface area contributed by atoms with Crippen LogP contribution in [-0.4, -0.2) is 133 Å². The van der Waals surface area contributed by atoms with Gasteiger partial charge in [-0.15, -0.1) is 0 Å². The topological polar surface area (TPSA) is 231 Å². The van der Waals surface area contributed by atoms with Gasteiger partial charge in [-0.3, -0.25) is 19.1 Å². The number of hydrogen-bond donors (Lipinski definition) is 4. The third-order valence-corrected chi connectivity index (χ3v) is 7.53. The average Bonchev–Trinajstić information content (AvgIpc) is 2.99. The second-order valence-corrected chi connectivity index (χ2v) is 10.3. The van der Waals surface area contributed by atoms with Gasteiger partial charge in [0.2, 0.25) is 5.82 Å². The van der Waals surface area contributed by atoms with Crippen LogP contribution in [0.4, 0.5) is 4.39 Å². The molecule has 2 aliphatic heterocycles. The number of aromatic nitrogens is 2. The molecule has 0 amide bonds. The van der Waals surface area contributed by atoms with E-state index in [9.17, 15) is 43.7 Å². The average molecular weight is 637 g/mol. The lowest BCUT2D eigenvalue weighted by atomic mass is 9.84. The van der Waals surface area contributed by atoms with Crippen LogP contribution in [-0.2, 0) is 54.1 Å². The number of nitrogens with zero attached hydrogens (tertiary/aromatic N) is 1. The van der Waals surface area contributed by atoms with Crippen molar-refractivity contribution >= 4 is 17.9 Å². The fourth-order valence-electron chi connectivity index (χ4n) is 5.20. The van der Waals surface area contributed by atoms with Crippen molar-refractivity contribution in [3.05, 3.63) is 32.9 Å². The van der Waals surface area contributed by atoms with Crippen LogP contribution in [0.5, 0.6) is 0 Å². The Morgan fingerprint density at radius 3 is 2.11 bits per heavy atom. The number of methoxy groups -OCH3 is 3. The van der Waals surface area contributed by atoms with Gasteiger partial charge in [-0.2, -0.15) is 4.39 Å². The van der Waals surface area contributed by atoms with Crippen LogP contribution >= 0.6 is 0 Å². The highest BCUT2D eigenvalue weighted by molar-refractivity contribution is 5.76. The maximum Gasteiger partial charge on any atom is 0.335 e.